The van der Waals surface area contributed by atoms with Gasteiger partial charge in [-0.3, -0.25) is 16.5 Å². The van der Waals surface area contributed by atoms with Crippen LogP contribution in [0.25, 0.3) is 10.9 Å². The number of benzene rings is 1. The molecule has 2 rings (SSSR count). The molecule has 0 amide bonds. The molecule has 0 radical (unpaired) electrons. The summed E-state index contributed by atoms with van der Waals surface area (Å²) in [5, 5.41) is 3.95. The number of nitrogens with zero attached hydrogens (tertiary/aromatic N) is 2. The zero-order chi connectivity index (χ0) is 12.3. The van der Waals surface area contributed by atoms with Crippen LogP contribution in [0.3, 0.4) is 0 Å². The Bertz CT molecular complexity index is 548. The summed E-state index contributed by atoms with van der Waals surface area (Å²) < 4.78 is 0. The van der Waals surface area contributed by atoms with Crippen LogP contribution in [0.1, 0.15) is 0 Å². The molecule has 0 aliphatic rings. The molecular formula is C11H14N6. The number of aliphatic imine (C=N–C) groups is 1. The molecule has 88 valence electrons. The monoisotopic (exact) mass is 230 g/mol. The fourth-order valence-corrected chi connectivity index (χ4v) is 1.48. The molecule has 0 aliphatic heterocycles. The lowest BCUT2D eigenvalue weighted by atomic mass is 10.2. The van der Waals surface area contributed by atoms with Crippen molar-refractivity contribution in [3.05, 3.63) is 36.5 Å². The molecule has 0 saturated carbocycles. The lowest BCUT2D eigenvalue weighted by Gasteiger charge is -2.07. The summed E-state index contributed by atoms with van der Waals surface area (Å²) in [6, 6.07) is 9.58. The van der Waals surface area contributed by atoms with E-state index < -0.39 is 6.29 Å². The van der Waals surface area contributed by atoms with Crippen molar-refractivity contribution in [3.8, 4) is 0 Å². The zero-order valence-electron chi connectivity index (χ0n) is 9.17. The second-order valence-corrected chi connectivity index (χ2v) is 3.54. The molecule has 6 heteroatoms. The maximum atomic E-state index is 5.61. The Labute approximate surface area is 98.5 Å². The summed E-state index contributed by atoms with van der Waals surface area (Å²) in [5.41, 5.74) is 17.9. The average Bonchev–Trinajstić information content (AvgIpc) is 2.27. The highest BCUT2D eigenvalue weighted by molar-refractivity contribution is 5.94. The summed E-state index contributed by atoms with van der Waals surface area (Å²) in [4.78, 5) is 8.01. The third-order valence-electron chi connectivity index (χ3n) is 2.17. The third-order valence-corrected chi connectivity index (χ3v) is 2.17. The lowest BCUT2D eigenvalue weighted by molar-refractivity contribution is 0.750. The van der Waals surface area contributed by atoms with Crippen LogP contribution < -0.4 is 22.5 Å². The Balaban J connectivity index is 2.25. The van der Waals surface area contributed by atoms with E-state index in [0.29, 0.717) is 0 Å². The van der Waals surface area contributed by atoms with E-state index in [9.17, 15) is 0 Å². The molecule has 17 heavy (non-hydrogen) atoms. The number of guanidine groups is 1. The topological polar surface area (TPSA) is 115 Å². The van der Waals surface area contributed by atoms with Gasteiger partial charge in [0.05, 0.1) is 5.52 Å². The number of fused-ring (bicyclic) bond motifs is 1. The number of hydrogen-bond donors (Lipinski definition) is 4. The largest absolute Gasteiger partial charge is 0.370 e. The molecule has 0 bridgehead atoms. The molecule has 0 atom stereocenters. The van der Waals surface area contributed by atoms with Gasteiger partial charge < -0.3 is 11.1 Å². The van der Waals surface area contributed by atoms with Gasteiger partial charge in [-0.1, -0.05) is 12.1 Å². The van der Waals surface area contributed by atoms with Crippen molar-refractivity contribution in [1.29, 1.82) is 0 Å². The van der Waals surface area contributed by atoms with Crippen LogP contribution >= 0.6 is 0 Å². The molecular weight excluding hydrogens is 216 g/mol. The summed E-state index contributed by atoms with van der Waals surface area (Å²) in [6.07, 6.45) is 0.917. The van der Waals surface area contributed by atoms with Crippen LogP contribution in [-0.2, 0) is 0 Å². The van der Waals surface area contributed by atoms with Crippen LogP contribution in [0.15, 0.2) is 41.5 Å². The second-order valence-electron chi connectivity index (χ2n) is 3.54. The number of pyridine rings is 1. The highest BCUT2D eigenvalue weighted by Crippen LogP contribution is 2.16. The fraction of sp³-hybridized carbons (Fsp3) is 0.0909. The van der Waals surface area contributed by atoms with Gasteiger partial charge in [-0.2, -0.15) is 0 Å². The zero-order valence-corrected chi connectivity index (χ0v) is 9.17. The second kappa shape index (κ2) is 4.77. The predicted molar refractivity (Wildman–Crippen MR) is 69.2 cm³/mol. The Kier molecular flexibility index (Phi) is 3.17. The number of rotatable bonds is 2. The van der Waals surface area contributed by atoms with Gasteiger partial charge in [0.15, 0.2) is 12.2 Å². The van der Waals surface area contributed by atoms with Gasteiger partial charge in [-0.15, -0.1) is 0 Å². The first kappa shape index (κ1) is 11.3. The van der Waals surface area contributed by atoms with Crippen molar-refractivity contribution >= 4 is 22.5 Å². The molecule has 0 saturated heterocycles. The fourth-order valence-electron chi connectivity index (χ4n) is 1.48. The molecule has 7 N–H and O–H groups in total. The number of anilines is 1. The van der Waals surface area contributed by atoms with Crippen molar-refractivity contribution < 1.29 is 0 Å². The Morgan fingerprint density at radius 3 is 2.88 bits per heavy atom. The van der Waals surface area contributed by atoms with Crippen LogP contribution in [0.2, 0.25) is 0 Å². The smallest absolute Gasteiger partial charge is 0.195 e. The van der Waals surface area contributed by atoms with Gasteiger partial charge in [0.2, 0.25) is 0 Å². The van der Waals surface area contributed by atoms with Crippen LogP contribution in [0.4, 0.5) is 5.69 Å². The number of aromatic nitrogens is 1. The molecule has 1 heterocycles. The van der Waals surface area contributed by atoms with Gasteiger partial charge >= 0.3 is 0 Å². The van der Waals surface area contributed by atoms with Crippen LogP contribution in [-0.4, -0.2) is 17.2 Å². The Morgan fingerprint density at radius 2 is 2.12 bits per heavy atom. The maximum Gasteiger partial charge on any atom is 0.195 e. The maximum absolute atomic E-state index is 5.61. The first-order chi connectivity index (χ1) is 8.15. The molecule has 0 aliphatic carbocycles. The summed E-state index contributed by atoms with van der Waals surface area (Å²) in [5.74, 6) is 0.176. The highest BCUT2D eigenvalue weighted by Gasteiger charge is 1.99. The number of nitrogens with one attached hydrogen (secondary N) is 1. The Morgan fingerprint density at radius 1 is 1.29 bits per heavy atom. The average molecular weight is 230 g/mol. The highest BCUT2D eigenvalue weighted by atomic mass is 15.2. The lowest BCUT2D eigenvalue weighted by Crippen LogP contribution is -2.34. The standard InChI is InChI=1S/C11H14N6/c12-10(13)17-11(14)16-8-4-3-7-2-1-5-15-9(7)6-8/h1-6,10H,12-13H2,(H3,14,16,17). The van der Waals surface area contributed by atoms with Gasteiger partial charge in [-0.05, 0) is 18.2 Å². The summed E-state index contributed by atoms with van der Waals surface area (Å²) in [7, 11) is 0. The molecule has 2 aromatic rings. The van der Waals surface area contributed by atoms with E-state index in [1.807, 2.05) is 30.3 Å². The van der Waals surface area contributed by atoms with E-state index in [1.165, 1.54) is 0 Å². The van der Waals surface area contributed by atoms with E-state index in [4.69, 9.17) is 17.2 Å². The minimum Gasteiger partial charge on any atom is -0.370 e. The van der Waals surface area contributed by atoms with Crippen molar-refractivity contribution in [2.24, 2.45) is 22.2 Å². The van der Waals surface area contributed by atoms with Crippen molar-refractivity contribution in [2.75, 3.05) is 5.32 Å². The van der Waals surface area contributed by atoms with Crippen molar-refractivity contribution in [1.82, 2.24) is 4.98 Å². The molecule has 1 aromatic carbocycles. The van der Waals surface area contributed by atoms with E-state index in [0.717, 1.165) is 16.6 Å². The van der Waals surface area contributed by atoms with Gasteiger partial charge in [0.1, 0.15) is 0 Å². The Hall–Kier alpha value is -2.18. The number of nitrogens with two attached hydrogens (primary N) is 3. The van der Waals surface area contributed by atoms with E-state index in [1.54, 1.807) is 6.20 Å². The van der Waals surface area contributed by atoms with Crippen molar-refractivity contribution in [2.45, 2.75) is 6.29 Å². The molecule has 0 fully saturated rings. The predicted octanol–water partition coefficient (Wildman–Crippen LogP) is 0.162. The normalized spacial score (nSPS) is 12.1. The molecule has 1 aromatic heterocycles. The van der Waals surface area contributed by atoms with E-state index in [2.05, 4.69) is 15.3 Å². The van der Waals surface area contributed by atoms with E-state index in [-0.39, 0.29) is 5.96 Å². The van der Waals surface area contributed by atoms with Gasteiger partial charge in [-0.25, -0.2) is 4.99 Å². The molecule has 6 nitrogen and oxygen atoms in total. The minimum absolute atomic E-state index is 0.176. The molecule has 0 unspecified atom stereocenters. The third kappa shape index (κ3) is 2.90. The summed E-state index contributed by atoms with van der Waals surface area (Å²) >= 11 is 0. The first-order valence-corrected chi connectivity index (χ1v) is 5.11. The first-order valence-electron chi connectivity index (χ1n) is 5.11. The quantitative estimate of drug-likeness (QED) is 0.333. The van der Waals surface area contributed by atoms with Crippen LogP contribution in [0, 0.1) is 0 Å². The number of hydrogen-bond acceptors (Lipinski definition) is 4. The molecule has 0 spiro atoms. The van der Waals surface area contributed by atoms with Gasteiger partial charge in [0, 0.05) is 17.3 Å². The minimum atomic E-state index is -0.818. The van der Waals surface area contributed by atoms with Crippen molar-refractivity contribution in [3.63, 3.8) is 0 Å². The van der Waals surface area contributed by atoms with Crippen LogP contribution in [0.5, 0.6) is 0 Å². The van der Waals surface area contributed by atoms with Gasteiger partial charge in [0.25, 0.3) is 0 Å². The SMILES string of the molecule is N/C(=N\C(N)N)Nc1ccc2cccnc2c1. The van der Waals surface area contributed by atoms with E-state index >= 15 is 0 Å². The summed E-state index contributed by atoms with van der Waals surface area (Å²) in [6.45, 7) is 0.